The van der Waals surface area contributed by atoms with E-state index in [-0.39, 0.29) is 12.3 Å². The Morgan fingerprint density at radius 2 is 1.62 bits per heavy atom. The lowest BCUT2D eigenvalue weighted by Crippen LogP contribution is -2.27. The Labute approximate surface area is 140 Å². The first-order valence-electron chi connectivity index (χ1n) is 7.52. The van der Waals surface area contributed by atoms with Crippen molar-refractivity contribution in [3.63, 3.8) is 0 Å². The second kappa shape index (κ2) is 7.37. The number of sulfonamides is 1. The first kappa shape index (κ1) is 16.4. The number of hydrogen-bond acceptors (Lipinski definition) is 5. The number of hydrogen-bond donors (Lipinski definition) is 1. The fourth-order valence-electron chi connectivity index (χ4n) is 2.22. The van der Waals surface area contributed by atoms with Gasteiger partial charge in [-0.3, -0.25) is 0 Å². The zero-order valence-corrected chi connectivity index (χ0v) is 13.7. The minimum atomic E-state index is -3.39. The van der Waals surface area contributed by atoms with Crippen LogP contribution in [0.15, 0.2) is 65.2 Å². The zero-order valence-electron chi connectivity index (χ0n) is 12.9. The van der Waals surface area contributed by atoms with Crippen LogP contribution in [-0.2, 0) is 22.2 Å². The summed E-state index contributed by atoms with van der Waals surface area (Å²) >= 11 is 0. The second-order valence-corrected chi connectivity index (χ2v) is 7.07. The van der Waals surface area contributed by atoms with Gasteiger partial charge in [-0.2, -0.15) is 4.98 Å². The van der Waals surface area contributed by atoms with Gasteiger partial charge >= 0.3 is 0 Å². The molecule has 0 aliphatic rings. The highest BCUT2D eigenvalue weighted by molar-refractivity contribution is 7.88. The zero-order chi connectivity index (χ0) is 16.8. The van der Waals surface area contributed by atoms with E-state index in [9.17, 15) is 8.42 Å². The van der Waals surface area contributed by atoms with Gasteiger partial charge in [-0.15, -0.1) is 0 Å². The van der Waals surface area contributed by atoms with Gasteiger partial charge in [0.15, 0.2) is 0 Å². The third-order valence-electron chi connectivity index (χ3n) is 3.36. The van der Waals surface area contributed by atoms with Crippen LogP contribution in [0.4, 0.5) is 0 Å². The van der Waals surface area contributed by atoms with Gasteiger partial charge in [-0.05, 0) is 5.56 Å². The number of rotatable bonds is 7. The molecule has 1 heterocycles. The Hall–Kier alpha value is -2.51. The molecule has 0 fully saturated rings. The van der Waals surface area contributed by atoms with E-state index in [1.807, 2.05) is 48.5 Å². The molecule has 1 aromatic heterocycles. The van der Waals surface area contributed by atoms with E-state index in [1.54, 1.807) is 12.1 Å². The van der Waals surface area contributed by atoms with E-state index in [4.69, 9.17) is 4.52 Å². The van der Waals surface area contributed by atoms with Crippen LogP contribution in [0.25, 0.3) is 11.4 Å². The van der Waals surface area contributed by atoms with Crippen LogP contribution in [-0.4, -0.2) is 25.1 Å². The third-order valence-corrected chi connectivity index (χ3v) is 4.72. The Kier molecular flexibility index (Phi) is 5.02. The van der Waals surface area contributed by atoms with Gasteiger partial charge in [0, 0.05) is 18.5 Å². The van der Waals surface area contributed by atoms with Crippen molar-refractivity contribution in [1.29, 1.82) is 0 Å². The molecular weight excluding hydrogens is 326 g/mol. The van der Waals surface area contributed by atoms with E-state index >= 15 is 0 Å². The third kappa shape index (κ3) is 4.50. The molecular formula is C17H17N3O3S. The van der Waals surface area contributed by atoms with Crippen LogP contribution in [0.1, 0.15) is 11.5 Å². The fraction of sp³-hybridized carbons (Fsp3) is 0.176. The molecule has 0 saturated heterocycles. The molecule has 3 aromatic rings. The summed E-state index contributed by atoms with van der Waals surface area (Å²) < 4.78 is 31.8. The molecule has 2 aromatic carbocycles. The molecule has 0 radical (unpaired) electrons. The Morgan fingerprint density at radius 3 is 2.33 bits per heavy atom. The van der Waals surface area contributed by atoms with Crippen LogP contribution in [0, 0.1) is 0 Å². The first-order chi connectivity index (χ1) is 11.6. The lowest BCUT2D eigenvalue weighted by molar-refractivity contribution is 0.379. The summed E-state index contributed by atoms with van der Waals surface area (Å²) in [6, 6.07) is 18.5. The molecule has 0 spiro atoms. The minimum Gasteiger partial charge on any atom is -0.339 e. The molecule has 0 amide bonds. The van der Waals surface area contributed by atoms with Crippen molar-refractivity contribution in [1.82, 2.24) is 14.9 Å². The SMILES string of the molecule is O=S(=O)(Cc1ccccc1)NCCc1nc(-c2ccccc2)no1. The van der Waals surface area contributed by atoms with Crippen molar-refractivity contribution >= 4 is 10.0 Å². The van der Waals surface area contributed by atoms with Crippen molar-refractivity contribution < 1.29 is 12.9 Å². The summed E-state index contributed by atoms with van der Waals surface area (Å²) in [5.41, 5.74) is 1.60. The smallest absolute Gasteiger partial charge is 0.228 e. The summed E-state index contributed by atoms with van der Waals surface area (Å²) in [6.45, 7) is 0.214. The lowest BCUT2D eigenvalue weighted by Gasteiger charge is -2.05. The highest BCUT2D eigenvalue weighted by Gasteiger charge is 2.13. The van der Waals surface area contributed by atoms with Gasteiger partial charge in [0.05, 0.1) is 5.75 Å². The summed E-state index contributed by atoms with van der Waals surface area (Å²) in [7, 11) is -3.39. The monoisotopic (exact) mass is 343 g/mol. The number of nitrogens with zero attached hydrogens (tertiary/aromatic N) is 2. The van der Waals surface area contributed by atoms with Gasteiger partial charge in [-0.25, -0.2) is 13.1 Å². The molecule has 7 heteroatoms. The maximum atomic E-state index is 12.0. The number of benzene rings is 2. The normalized spacial score (nSPS) is 11.5. The molecule has 1 N–H and O–H groups in total. The van der Waals surface area contributed by atoms with Crippen LogP contribution >= 0.6 is 0 Å². The topological polar surface area (TPSA) is 85.1 Å². The minimum absolute atomic E-state index is 0.0487. The van der Waals surface area contributed by atoms with Crippen LogP contribution < -0.4 is 4.72 Å². The molecule has 124 valence electrons. The Bertz CT molecular complexity index is 878. The largest absolute Gasteiger partial charge is 0.339 e. The van der Waals surface area contributed by atoms with Gasteiger partial charge in [0.2, 0.25) is 21.7 Å². The van der Waals surface area contributed by atoms with Crippen molar-refractivity contribution in [3.8, 4) is 11.4 Å². The molecule has 0 atom stereocenters. The molecule has 24 heavy (non-hydrogen) atoms. The first-order valence-corrected chi connectivity index (χ1v) is 9.17. The molecule has 0 aliphatic heterocycles. The fourth-order valence-corrected chi connectivity index (χ4v) is 3.37. The predicted molar refractivity (Wildman–Crippen MR) is 90.5 cm³/mol. The molecule has 0 bridgehead atoms. The van der Waals surface area contributed by atoms with Crippen molar-refractivity contribution in [2.24, 2.45) is 0 Å². The molecule has 3 rings (SSSR count). The average Bonchev–Trinajstić information content (AvgIpc) is 3.05. The average molecular weight is 343 g/mol. The van der Waals surface area contributed by atoms with Crippen LogP contribution in [0.2, 0.25) is 0 Å². The summed E-state index contributed by atoms with van der Waals surface area (Å²) in [5, 5.41) is 3.91. The van der Waals surface area contributed by atoms with E-state index < -0.39 is 10.0 Å². The van der Waals surface area contributed by atoms with E-state index in [2.05, 4.69) is 14.9 Å². The maximum Gasteiger partial charge on any atom is 0.228 e. The molecule has 0 unspecified atom stereocenters. The van der Waals surface area contributed by atoms with Crippen LogP contribution in [0.5, 0.6) is 0 Å². The standard InChI is InChI=1S/C17H17N3O3S/c21-24(22,13-14-7-3-1-4-8-14)18-12-11-16-19-17(20-23-16)15-9-5-2-6-10-15/h1-10,18H,11-13H2. The van der Waals surface area contributed by atoms with Crippen molar-refractivity contribution in [3.05, 3.63) is 72.1 Å². The van der Waals surface area contributed by atoms with Gasteiger partial charge in [0.1, 0.15) is 0 Å². The van der Waals surface area contributed by atoms with Gasteiger partial charge in [-0.1, -0.05) is 65.8 Å². The summed E-state index contributed by atoms with van der Waals surface area (Å²) in [6.07, 6.45) is 0.341. The van der Waals surface area contributed by atoms with Crippen molar-refractivity contribution in [2.75, 3.05) is 6.54 Å². The number of aromatic nitrogens is 2. The summed E-state index contributed by atoms with van der Waals surface area (Å²) in [5.74, 6) is 0.849. The molecule has 6 nitrogen and oxygen atoms in total. The predicted octanol–water partition coefficient (Wildman–Crippen LogP) is 2.40. The van der Waals surface area contributed by atoms with E-state index in [1.165, 1.54) is 0 Å². The lowest BCUT2D eigenvalue weighted by atomic mass is 10.2. The van der Waals surface area contributed by atoms with Crippen molar-refractivity contribution in [2.45, 2.75) is 12.2 Å². The van der Waals surface area contributed by atoms with E-state index in [0.29, 0.717) is 18.1 Å². The molecule has 0 saturated carbocycles. The highest BCUT2D eigenvalue weighted by Crippen LogP contribution is 2.14. The Balaban J connectivity index is 1.54. The molecule has 0 aliphatic carbocycles. The Morgan fingerprint density at radius 1 is 0.958 bits per heavy atom. The highest BCUT2D eigenvalue weighted by atomic mass is 32.2. The quantitative estimate of drug-likeness (QED) is 0.712. The van der Waals surface area contributed by atoms with Gasteiger partial charge in [0.25, 0.3) is 0 Å². The summed E-state index contributed by atoms with van der Waals surface area (Å²) in [4.78, 5) is 4.27. The number of nitrogens with one attached hydrogen (secondary N) is 1. The van der Waals surface area contributed by atoms with E-state index in [0.717, 1.165) is 11.1 Å². The van der Waals surface area contributed by atoms with Gasteiger partial charge < -0.3 is 4.52 Å². The maximum absolute atomic E-state index is 12.0. The van der Waals surface area contributed by atoms with Crippen LogP contribution in [0.3, 0.4) is 0 Å². The second-order valence-electron chi connectivity index (χ2n) is 5.27.